The van der Waals surface area contributed by atoms with Gasteiger partial charge in [-0.15, -0.1) is 0 Å². The van der Waals surface area contributed by atoms with Gasteiger partial charge < -0.3 is 16.0 Å². The number of hydrogen-bond donors (Lipinski definition) is 3. The highest BCUT2D eigenvalue weighted by Gasteiger charge is 2.27. The van der Waals surface area contributed by atoms with E-state index in [0.717, 1.165) is 6.54 Å². The number of guanidine groups is 1. The second-order valence-corrected chi connectivity index (χ2v) is 6.80. The van der Waals surface area contributed by atoms with Crippen LogP contribution in [0.5, 0.6) is 0 Å². The molecule has 0 aromatic heterocycles. The van der Waals surface area contributed by atoms with Gasteiger partial charge >= 0.3 is 6.03 Å². The van der Waals surface area contributed by atoms with Crippen LogP contribution in [0.1, 0.15) is 20.8 Å². The molecule has 3 amide bonds. The first-order valence-corrected chi connectivity index (χ1v) is 8.27. The molecule has 1 aliphatic rings. The summed E-state index contributed by atoms with van der Waals surface area (Å²) in [7, 11) is 0. The molecule has 0 aromatic rings. The molecule has 0 bridgehead atoms. The standard InChI is InChI=1S/C13H25N5O2S/c1-5-14-11(17-9-13(2,3)21-4)15-6-7-18-10(19)8-16-12(18)20/h5-9H2,1-4H3,(H,16,20)(H2,14,15,17). The van der Waals surface area contributed by atoms with Gasteiger partial charge in [0.15, 0.2) is 5.96 Å². The smallest absolute Gasteiger partial charge is 0.324 e. The largest absolute Gasteiger partial charge is 0.357 e. The number of carbonyl (C=O) groups is 2. The molecular formula is C13H25N5O2S. The number of imide groups is 1. The fourth-order valence-electron chi connectivity index (χ4n) is 1.64. The molecule has 0 radical (unpaired) electrons. The fraction of sp³-hybridized carbons (Fsp3) is 0.769. The van der Waals surface area contributed by atoms with Crippen LogP contribution in [0, 0.1) is 0 Å². The van der Waals surface area contributed by atoms with Crippen molar-refractivity contribution < 1.29 is 9.59 Å². The molecular weight excluding hydrogens is 290 g/mol. The molecule has 0 spiro atoms. The van der Waals surface area contributed by atoms with Gasteiger partial charge in [0.25, 0.3) is 0 Å². The predicted octanol–water partition coefficient (Wildman–Crippen LogP) is 0.235. The lowest BCUT2D eigenvalue weighted by molar-refractivity contribution is -0.124. The minimum Gasteiger partial charge on any atom is -0.357 e. The third-order valence-electron chi connectivity index (χ3n) is 3.08. The van der Waals surface area contributed by atoms with Crippen molar-refractivity contribution in [3.8, 4) is 0 Å². The summed E-state index contributed by atoms with van der Waals surface area (Å²) in [4.78, 5) is 28.6. The summed E-state index contributed by atoms with van der Waals surface area (Å²) in [5.74, 6) is 0.513. The number of urea groups is 1. The van der Waals surface area contributed by atoms with Crippen molar-refractivity contribution in [2.75, 3.05) is 39.0 Å². The highest BCUT2D eigenvalue weighted by Crippen LogP contribution is 2.20. The van der Waals surface area contributed by atoms with E-state index >= 15 is 0 Å². The number of aliphatic imine (C=N–C) groups is 1. The van der Waals surface area contributed by atoms with E-state index in [1.807, 2.05) is 6.92 Å². The summed E-state index contributed by atoms with van der Waals surface area (Å²) in [5.41, 5.74) is 0. The molecule has 120 valence electrons. The Kier molecular flexibility index (Phi) is 6.80. The molecule has 0 atom stereocenters. The van der Waals surface area contributed by atoms with Gasteiger partial charge in [-0.1, -0.05) is 0 Å². The Hall–Kier alpha value is -1.44. The highest BCUT2D eigenvalue weighted by atomic mass is 32.2. The van der Waals surface area contributed by atoms with E-state index in [4.69, 9.17) is 0 Å². The quantitative estimate of drug-likeness (QED) is 0.356. The van der Waals surface area contributed by atoms with Gasteiger partial charge in [0, 0.05) is 24.4 Å². The topological polar surface area (TPSA) is 85.8 Å². The van der Waals surface area contributed by atoms with E-state index in [2.05, 4.69) is 41.0 Å². The number of thioether (sulfide) groups is 1. The van der Waals surface area contributed by atoms with Gasteiger partial charge in [0.2, 0.25) is 5.91 Å². The summed E-state index contributed by atoms with van der Waals surface area (Å²) >= 11 is 1.76. The van der Waals surface area contributed by atoms with Crippen molar-refractivity contribution in [2.45, 2.75) is 25.5 Å². The molecule has 1 saturated heterocycles. The Balaban J connectivity index is 2.45. The number of nitrogens with one attached hydrogen (secondary N) is 3. The maximum absolute atomic E-state index is 11.4. The van der Waals surface area contributed by atoms with Gasteiger partial charge in [-0.3, -0.25) is 14.7 Å². The molecule has 0 saturated carbocycles. The Labute approximate surface area is 130 Å². The van der Waals surface area contributed by atoms with E-state index in [1.165, 1.54) is 4.90 Å². The molecule has 0 unspecified atom stereocenters. The van der Waals surface area contributed by atoms with E-state index in [9.17, 15) is 9.59 Å². The summed E-state index contributed by atoms with van der Waals surface area (Å²) in [6.45, 7) is 8.62. The molecule has 1 fully saturated rings. The number of rotatable bonds is 7. The van der Waals surface area contributed by atoms with Gasteiger partial charge in [-0.2, -0.15) is 11.8 Å². The lowest BCUT2D eigenvalue weighted by Gasteiger charge is -2.20. The van der Waals surface area contributed by atoms with E-state index in [1.54, 1.807) is 11.8 Å². The first kappa shape index (κ1) is 17.6. The second kappa shape index (κ2) is 8.11. The molecule has 21 heavy (non-hydrogen) atoms. The zero-order valence-corrected chi connectivity index (χ0v) is 14.0. The third kappa shape index (κ3) is 5.82. The van der Waals surface area contributed by atoms with Gasteiger partial charge in [-0.05, 0) is 27.0 Å². The SMILES string of the molecule is CCNC(=NCC(C)(C)SC)NCCN1C(=O)CNC1=O. The van der Waals surface area contributed by atoms with E-state index in [0.29, 0.717) is 25.6 Å². The fourth-order valence-corrected chi connectivity index (χ4v) is 1.84. The van der Waals surface area contributed by atoms with E-state index in [-0.39, 0.29) is 23.2 Å². The number of carbonyl (C=O) groups excluding carboxylic acids is 2. The van der Waals surface area contributed by atoms with Gasteiger partial charge in [-0.25, -0.2) is 4.79 Å². The molecule has 1 heterocycles. The number of nitrogens with zero attached hydrogens (tertiary/aromatic N) is 2. The van der Waals surface area contributed by atoms with Crippen molar-refractivity contribution in [1.29, 1.82) is 0 Å². The van der Waals surface area contributed by atoms with Gasteiger partial charge in [0.05, 0.1) is 13.1 Å². The summed E-state index contributed by atoms with van der Waals surface area (Å²) in [6, 6.07) is -0.327. The second-order valence-electron chi connectivity index (χ2n) is 5.29. The lowest BCUT2D eigenvalue weighted by Crippen LogP contribution is -2.43. The normalized spacial score (nSPS) is 16.2. The Bertz CT molecular complexity index is 395. The third-order valence-corrected chi connectivity index (χ3v) is 4.31. The molecule has 1 rings (SSSR count). The number of amides is 3. The molecule has 3 N–H and O–H groups in total. The van der Waals surface area contributed by atoms with Crippen LogP contribution in [0.25, 0.3) is 0 Å². The molecule has 7 nitrogen and oxygen atoms in total. The Morgan fingerprint density at radius 1 is 1.43 bits per heavy atom. The summed E-state index contributed by atoms with van der Waals surface area (Å²) in [6.07, 6.45) is 2.06. The zero-order valence-electron chi connectivity index (χ0n) is 13.2. The highest BCUT2D eigenvalue weighted by molar-refractivity contribution is 7.99. The first-order valence-electron chi connectivity index (χ1n) is 7.05. The van der Waals surface area contributed by atoms with Crippen molar-refractivity contribution in [1.82, 2.24) is 20.9 Å². The summed E-state index contributed by atoms with van der Waals surface area (Å²) < 4.78 is 0.0765. The Morgan fingerprint density at radius 2 is 2.14 bits per heavy atom. The van der Waals surface area contributed by atoms with Crippen LogP contribution in [0.15, 0.2) is 4.99 Å². The van der Waals surface area contributed by atoms with Crippen LogP contribution < -0.4 is 16.0 Å². The predicted molar refractivity (Wildman–Crippen MR) is 86.7 cm³/mol. The Morgan fingerprint density at radius 3 is 2.67 bits per heavy atom. The monoisotopic (exact) mass is 315 g/mol. The lowest BCUT2D eigenvalue weighted by atomic mass is 10.2. The summed E-state index contributed by atoms with van der Waals surface area (Å²) in [5, 5.41) is 8.79. The van der Waals surface area contributed by atoms with Crippen LogP contribution in [0.4, 0.5) is 4.79 Å². The average Bonchev–Trinajstić information content (AvgIpc) is 2.76. The minimum absolute atomic E-state index is 0.0765. The maximum atomic E-state index is 11.4. The van der Waals surface area contributed by atoms with Crippen LogP contribution in [0.3, 0.4) is 0 Å². The van der Waals surface area contributed by atoms with Crippen LogP contribution in [0.2, 0.25) is 0 Å². The van der Waals surface area contributed by atoms with Crippen molar-refractivity contribution in [2.24, 2.45) is 4.99 Å². The van der Waals surface area contributed by atoms with Crippen molar-refractivity contribution in [3.05, 3.63) is 0 Å². The van der Waals surface area contributed by atoms with Crippen LogP contribution >= 0.6 is 11.8 Å². The number of hydrogen-bond acceptors (Lipinski definition) is 4. The molecule has 0 aromatic carbocycles. The minimum atomic E-state index is -0.327. The van der Waals surface area contributed by atoms with Gasteiger partial charge in [0.1, 0.15) is 0 Å². The first-order chi connectivity index (χ1) is 9.89. The van der Waals surface area contributed by atoms with E-state index < -0.39 is 0 Å². The van der Waals surface area contributed by atoms with Crippen molar-refractivity contribution in [3.63, 3.8) is 0 Å². The molecule has 1 aliphatic heterocycles. The zero-order chi connectivity index (χ0) is 15.9. The maximum Gasteiger partial charge on any atom is 0.324 e. The molecule has 8 heteroatoms. The van der Waals surface area contributed by atoms with Crippen molar-refractivity contribution >= 4 is 29.7 Å². The van der Waals surface area contributed by atoms with Crippen LogP contribution in [-0.4, -0.2) is 66.5 Å². The molecule has 0 aliphatic carbocycles. The average molecular weight is 315 g/mol. The van der Waals surface area contributed by atoms with Crippen LogP contribution in [-0.2, 0) is 4.79 Å².